The van der Waals surface area contributed by atoms with Gasteiger partial charge in [-0.1, -0.05) is 55.8 Å². The Morgan fingerprint density at radius 2 is 1.73 bits per heavy atom. The summed E-state index contributed by atoms with van der Waals surface area (Å²) >= 11 is 13.1. The molecule has 3 atom stereocenters. The molecule has 1 aliphatic carbocycles. The number of nitrogens with one attached hydrogen (secondary N) is 1. The van der Waals surface area contributed by atoms with Crippen LogP contribution in [0.4, 0.5) is 0 Å². The minimum Gasteiger partial charge on any atom is -0.487 e. The van der Waals surface area contributed by atoms with Crippen LogP contribution < -0.4 is 5.32 Å². The van der Waals surface area contributed by atoms with Crippen LogP contribution in [0.15, 0.2) is 52.9 Å². The molecule has 0 heterocycles. The smallest absolute Gasteiger partial charge is 0.314 e. The van der Waals surface area contributed by atoms with Crippen molar-refractivity contribution in [2.24, 2.45) is 11.8 Å². The summed E-state index contributed by atoms with van der Waals surface area (Å²) in [6.45, 7) is 8.27. The SMILES string of the molecule is CCCC(=O)C(=O)C1(Cl)C(NC(=O)C(C)CC(=O)c2ccccc2)=CC(OC(C)(C)C)=C(Cl)C1C(=O)O. The molecular weight excluding hydrogens is 521 g/mol. The van der Waals surface area contributed by atoms with E-state index in [0.717, 1.165) is 0 Å². The van der Waals surface area contributed by atoms with Crippen molar-refractivity contribution in [3.8, 4) is 0 Å². The van der Waals surface area contributed by atoms with Gasteiger partial charge in [-0.25, -0.2) is 0 Å². The molecule has 1 aliphatic rings. The summed E-state index contributed by atoms with van der Waals surface area (Å²) < 4.78 is 5.79. The van der Waals surface area contributed by atoms with Gasteiger partial charge in [0.1, 0.15) is 17.3 Å². The molecule has 8 nitrogen and oxygen atoms in total. The summed E-state index contributed by atoms with van der Waals surface area (Å²) in [5.74, 6) is -7.59. The molecule has 2 rings (SSSR count). The van der Waals surface area contributed by atoms with Crippen molar-refractivity contribution in [3.63, 3.8) is 0 Å². The fraction of sp³-hybridized carbons (Fsp3) is 0.444. The largest absolute Gasteiger partial charge is 0.487 e. The first-order valence-corrected chi connectivity index (χ1v) is 12.6. The van der Waals surface area contributed by atoms with Crippen molar-refractivity contribution >= 4 is 52.4 Å². The van der Waals surface area contributed by atoms with Crippen LogP contribution in [0.2, 0.25) is 0 Å². The van der Waals surface area contributed by atoms with Gasteiger partial charge >= 0.3 is 5.97 Å². The average Bonchev–Trinajstić information content (AvgIpc) is 2.81. The van der Waals surface area contributed by atoms with E-state index < -0.39 is 45.8 Å². The minimum absolute atomic E-state index is 0.114. The predicted molar refractivity (Wildman–Crippen MR) is 139 cm³/mol. The second-order valence-electron chi connectivity index (χ2n) is 9.85. The lowest BCUT2D eigenvalue weighted by atomic mass is 9.78. The standard InChI is InChI=1S/C27H31Cl2NO7/c1-6-10-17(31)23(33)27(29)20(14-19(37-26(3,4)5)22(28)21(27)25(35)36)30-24(34)15(2)13-18(32)16-11-8-7-9-12-16/h7-9,11-12,14-15,21H,6,10,13H2,1-5H3,(H,30,34)(H,35,36). The van der Waals surface area contributed by atoms with Crippen molar-refractivity contribution in [2.75, 3.05) is 0 Å². The Kier molecular flexibility index (Phi) is 9.85. The molecule has 0 fully saturated rings. The Bertz CT molecular complexity index is 1150. The summed E-state index contributed by atoms with van der Waals surface area (Å²) in [6.07, 6.45) is 1.16. The number of Topliss-reactive ketones (excluding diaryl/α,β-unsaturated/α-hetero) is 3. The number of aliphatic carboxylic acids is 1. The van der Waals surface area contributed by atoms with Crippen molar-refractivity contribution in [2.45, 2.75) is 64.4 Å². The van der Waals surface area contributed by atoms with Crippen molar-refractivity contribution in [1.82, 2.24) is 5.32 Å². The van der Waals surface area contributed by atoms with Gasteiger partial charge in [0.15, 0.2) is 10.7 Å². The van der Waals surface area contributed by atoms with Gasteiger partial charge in [0.25, 0.3) is 0 Å². The van der Waals surface area contributed by atoms with Crippen molar-refractivity contribution < 1.29 is 33.8 Å². The molecule has 0 aliphatic heterocycles. The molecule has 200 valence electrons. The molecule has 0 spiro atoms. The number of rotatable bonds is 11. The number of carbonyl (C=O) groups is 5. The zero-order valence-corrected chi connectivity index (χ0v) is 22.9. The van der Waals surface area contributed by atoms with E-state index in [1.54, 1.807) is 58.0 Å². The lowest BCUT2D eigenvalue weighted by Gasteiger charge is -2.38. The van der Waals surface area contributed by atoms with Crippen LogP contribution in [0, 0.1) is 11.8 Å². The first kappa shape index (κ1) is 30.3. The van der Waals surface area contributed by atoms with Crippen LogP contribution in [-0.2, 0) is 23.9 Å². The third-order valence-electron chi connectivity index (χ3n) is 5.57. The second-order valence-corrected chi connectivity index (χ2v) is 10.9. The minimum atomic E-state index is -2.53. The topological polar surface area (TPSA) is 127 Å². The van der Waals surface area contributed by atoms with Crippen molar-refractivity contribution in [1.29, 1.82) is 0 Å². The number of carboxylic acids is 1. The number of carbonyl (C=O) groups excluding carboxylic acids is 4. The maximum absolute atomic E-state index is 13.3. The fourth-order valence-electron chi connectivity index (χ4n) is 3.76. The molecule has 3 unspecified atom stereocenters. The third kappa shape index (κ3) is 7.08. The first-order valence-electron chi connectivity index (χ1n) is 11.8. The van der Waals surface area contributed by atoms with Crippen LogP contribution in [0.5, 0.6) is 0 Å². The number of hydrogen-bond acceptors (Lipinski definition) is 6. The summed E-state index contributed by atoms with van der Waals surface area (Å²) in [4.78, 5) is 61.4. The van der Waals surface area contributed by atoms with Gasteiger partial charge in [-0.05, 0) is 27.2 Å². The van der Waals surface area contributed by atoms with E-state index >= 15 is 0 Å². The Labute approximate surface area is 226 Å². The molecule has 0 aromatic heterocycles. The van der Waals surface area contributed by atoms with Crippen molar-refractivity contribution in [3.05, 3.63) is 58.5 Å². The maximum atomic E-state index is 13.3. The van der Waals surface area contributed by atoms with Crippen LogP contribution in [0.3, 0.4) is 0 Å². The van der Waals surface area contributed by atoms with Crippen LogP contribution >= 0.6 is 23.2 Å². The number of halogens is 2. The van der Waals surface area contributed by atoms with E-state index in [4.69, 9.17) is 27.9 Å². The van der Waals surface area contributed by atoms with Crippen LogP contribution in [-0.4, -0.2) is 44.8 Å². The molecule has 1 aromatic rings. The lowest BCUT2D eigenvalue weighted by Crippen LogP contribution is -2.55. The van der Waals surface area contributed by atoms with Gasteiger partial charge in [-0.15, -0.1) is 11.6 Å². The molecule has 1 aromatic carbocycles. The van der Waals surface area contributed by atoms with E-state index in [-0.39, 0.29) is 35.1 Å². The van der Waals surface area contributed by atoms with Gasteiger partial charge in [-0.2, -0.15) is 0 Å². The molecule has 1 amide bonds. The molecule has 10 heteroatoms. The molecule has 37 heavy (non-hydrogen) atoms. The Morgan fingerprint density at radius 3 is 2.24 bits per heavy atom. The lowest BCUT2D eigenvalue weighted by molar-refractivity contribution is -0.146. The molecule has 0 radical (unpaired) electrons. The third-order valence-corrected chi connectivity index (χ3v) is 6.57. The van der Waals surface area contributed by atoms with Gasteiger partial charge < -0.3 is 15.2 Å². The highest BCUT2D eigenvalue weighted by Crippen LogP contribution is 2.46. The van der Waals surface area contributed by atoms with Crippen LogP contribution in [0.1, 0.15) is 64.2 Å². The second kappa shape index (κ2) is 12.0. The number of amides is 1. The molecule has 0 saturated heterocycles. The maximum Gasteiger partial charge on any atom is 0.314 e. The summed E-state index contributed by atoms with van der Waals surface area (Å²) in [7, 11) is 0. The number of allylic oxidation sites excluding steroid dienone is 2. The highest BCUT2D eigenvalue weighted by Gasteiger charge is 2.57. The summed E-state index contributed by atoms with van der Waals surface area (Å²) in [6, 6.07) is 8.40. The Morgan fingerprint density at radius 1 is 1.14 bits per heavy atom. The Balaban J connectivity index is 2.52. The highest BCUT2D eigenvalue weighted by atomic mass is 35.5. The normalized spacial score (nSPS) is 20.5. The van der Waals surface area contributed by atoms with E-state index in [1.807, 2.05) is 0 Å². The first-order chi connectivity index (χ1) is 17.1. The van der Waals surface area contributed by atoms with E-state index in [2.05, 4.69) is 5.32 Å². The summed E-state index contributed by atoms with van der Waals surface area (Å²) in [5, 5.41) is 12.1. The molecule has 0 bridgehead atoms. The highest BCUT2D eigenvalue weighted by molar-refractivity contribution is 6.55. The fourth-order valence-corrected chi connectivity index (χ4v) is 4.57. The number of benzene rings is 1. The van der Waals surface area contributed by atoms with Gasteiger partial charge in [0.05, 0.1) is 10.7 Å². The molecule has 0 saturated carbocycles. The van der Waals surface area contributed by atoms with E-state index in [9.17, 15) is 29.1 Å². The van der Waals surface area contributed by atoms with E-state index in [1.165, 1.54) is 13.0 Å². The number of ketones is 3. The quantitative estimate of drug-likeness (QED) is 0.230. The zero-order valence-electron chi connectivity index (χ0n) is 21.4. The molecular formula is C27H31Cl2NO7. The number of alkyl halides is 1. The van der Waals surface area contributed by atoms with Gasteiger partial charge in [0.2, 0.25) is 17.5 Å². The number of carboxylic acid groups (broad SMARTS) is 1. The van der Waals surface area contributed by atoms with Crippen LogP contribution in [0.25, 0.3) is 0 Å². The van der Waals surface area contributed by atoms with Gasteiger partial charge in [0, 0.05) is 30.4 Å². The monoisotopic (exact) mass is 551 g/mol. The van der Waals surface area contributed by atoms with E-state index in [0.29, 0.717) is 12.0 Å². The average molecular weight is 552 g/mol. The number of ether oxygens (including phenoxy) is 1. The Hall–Kier alpha value is -2.97. The number of hydrogen-bond donors (Lipinski definition) is 2. The predicted octanol–water partition coefficient (Wildman–Crippen LogP) is 4.79. The molecule has 2 N–H and O–H groups in total. The van der Waals surface area contributed by atoms with Gasteiger partial charge in [-0.3, -0.25) is 24.0 Å². The zero-order chi connectivity index (χ0) is 28.1. The summed E-state index contributed by atoms with van der Waals surface area (Å²) in [5.41, 5.74) is -0.760.